The van der Waals surface area contributed by atoms with Crippen LogP contribution < -0.4 is 0 Å². The zero-order chi connectivity index (χ0) is 6.69. The summed E-state index contributed by atoms with van der Waals surface area (Å²) in [5, 5.41) is 8.78. The molecule has 1 aliphatic heterocycles. The lowest BCUT2D eigenvalue weighted by molar-refractivity contribution is 0.139. The van der Waals surface area contributed by atoms with Crippen molar-refractivity contribution >= 4 is 5.90 Å². The first-order valence-corrected chi connectivity index (χ1v) is 2.81. The molecule has 1 heterocycles. The van der Waals surface area contributed by atoms with Crippen molar-refractivity contribution in [2.45, 2.75) is 12.6 Å². The fourth-order valence-corrected chi connectivity index (χ4v) is 0.647. The maximum Gasteiger partial charge on any atom is 0.189 e. The number of aliphatic hydroxyl groups excluding tert-OH is 1. The van der Waals surface area contributed by atoms with Crippen LogP contribution in [0.2, 0.25) is 0 Å². The van der Waals surface area contributed by atoms with E-state index in [1.165, 1.54) is 0 Å². The Bertz CT molecular complexity index is 142. The third-order valence-corrected chi connectivity index (χ3v) is 1.01. The minimum absolute atomic E-state index is 0.295. The molecule has 3 heteroatoms. The van der Waals surface area contributed by atoms with Crippen LogP contribution >= 0.6 is 0 Å². The van der Waals surface area contributed by atoms with E-state index < -0.39 is 6.23 Å². The van der Waals surface area contributed by atoms with Crippen molar-refractivity contribution in [3.05, 3.63) is 12.7 Å². The van der Waals surface area contributed by atoms with Crippen molar-refractivity contribution in [1.82, 2.24) is 0 Å². The number of aliphatic hydroxyl groups is 1. The minimum atomic E-state index is -0.653. The summed E-state index contributed by atoms with van der Waals surface area (Å²) >= 11 is 0. The highest BCUT2D eigenvalue weighted by atomic mass is 16.5. The summed E-state index contributed by atoms with van der Waals surface area (Å²) in [5.74, 6) is 0.581. The first kappa shape index (κ1) is 6.29. The predicted molar refractivity (Wildman–Crippen MR) is 34.2 cm³/mol. The van der Waals surface area contributed by atoms with Crippen LogP contribution in [0.25, 0.3) is 0 Å². The first-order chi connectivity index (χ1) is 4.33. The Morgan fingerprint density at radius 3 is 3.22 bits per heavy atom. The number of hydrogen-bond acceptors (Lipinski definition) is 3. The minimum Gasteiger partial charge on any atom is -0.476 e. The third-order valence-electron chi connectivity index (χ3n) is 1.01. The van der Waals surface area contributed by atoms with Gasteiger partial charge < -0.3 is 9.84 Å². The zero-order valence-electron chi connectivity index (χ0n) is 5.08. The van der Waals surface area contributed by atoms with Crippen LogP contribution in [0.5, 0.6) is 0 Å². The van der Waals surface area contributed by atoms with Gasteiger partial charge >= 0.3 is 0 Å². The van der Waals surface area contributed by atoms with Gasteiger partial charge in [0.1, 0.15) is 6.61 Å². The third kappa shape index (κ3) is 1.54. The monoisotopic (exact) mass is 127 g/mol. The lowest BCUT2D eigenvalue weighted by Gasteiger charge is -1.93. The molecule has 1 aliphatic rings. The largest absolute Gasteiger partial charge is 0.476 e. The van der Waals surface area contributed by atoms with Gasteiger partial charge in [0.25, 0.3) is 0 Å². The topological polar surface area (TPSA) is 41.8 Å². The second kappa shape index (κ2) is 2.64. The Labute approximate surface area is 53.7 Å². The highest BCUT2D eigenvalue weighted by Gasteiger charge is 2.13. The van der Waals surface area contributed by atoms with Crippen LogP contribution in [0.1, 0.15) is 6.42 Å². The number of rotatable bonds is 2. The maximum atomic E-state index is 8.78. The Morgan fingerprint density at radius 2 is 2.78 bits per heavy atom. The van der Waals surface area contributed by atoms with E-state index in [1.807, 2.05) is 0 Å². The Balaban J connectivity index is 2.41. The second-order valence-electron chi connectivity index (χ2n) is 1.81. The van der Waals surface area contributed by atoms with E-state index in [9.17, 15) is 0 Å². The Morgan fingerprint density at radius 1 is 2.00 bits per heavy atom. The number of hydrogen-bond donors (Lipinski definition) is 1. The molecule has 0 aromatic rings. The van der Waals surface area contributed by atoms with Gasteiger partial charge in [-0.3, -0.25) is 0 Å². The summed E-state index contributed by atoms with van der Waals surface area (Å²) in [4.78, 5) is 3.76. The van der Waals surface area contributed by atoms with Gasteiger partial charge in [-0.2, -0.15) is 0 Å². The van der Waals surface area contributed by atoms with Crippen molar-refractivity contribution in [3.8, 4) is 0 Å². The summed E-state index contributed by atoms with van der Waals surface area (Å²) in [6.45, 7) is 3.80. The number of nitrogens with zero attached hydrogens (tertiary/aromatic N) is 1. The van der Waals surface area contributed by atoms with Crippen molar-refractivity contribution < 1.29 is 9.84 Å². The standard InChI is InChI=1S/C6H9NO2/c1-2-3-6-7-5(8)4-9-6/h2,5,8H,1,3-4H2. The molecule has 1 atom stereocenters. The summed E-state index contributed by atoms with van der Waals surface area (Å²) < 4.78 is 4.93. The average molecular weight is 127 g/mol. The zero-order valence-corrected chi connectivity index (χ0v) is 5.08. The summed E-state index contributed by atoms with van der Waals surface area (Å²) in [6, 6.07) is 0. The molecular weight excluding hydrogens is 118 g/mol. The molecule has 0 amide bonds. The molecule has 0 aromatic heterocycles. The van der Waals surface area contributed by atoms with Crippen molar-refractivity contribution in [3.63, 3.8) is 0 Å². The molecule has 3 nitrogen and oxygen atoms in total. The van der Waals surface area contributed by atoms with Gasteiger partial charge in [-0.25, -0.2) is 4.99 Å². The predicted octanol–water partition coefficient (Wildman–Crippen LogP) is 0.310. The van der Waals surface area contributed by atoms with Crippen LogP contribution in [-0.2, 0) is 4.74 Å². The molecule has 1 unspecified atom stereocenters. The Kier molecular flexibility index (Phi) is 1.85. The van der Waals surface area contributed by atoms with Crippen LogP contribution in [0.4, 0.5) is 0 Å². The summed E-state index contributed by atoms with van der Waals surface area (Å²) in [7, 11) is 0. The van der Waals surface area contributed by atoms with E-state index in [0.29, 0.717) is 18.9 Å². The van der Waals surface area contributed by atoms with Gasteiger partial charge in [0.15, 0.2) is 12.1 Å². The lowest BCUT2D eigenvalue weighted by atomic mass is 10.4. The maximum absolute atomic E-state index is 8.78. The highest BCUT2D eigenvalue weighted by Crippen LogP contribution is 2.03. The molecule has 1 N–H and O–H groups in total. The van der Waals surface area contributed by atoms with Gasteiger partial charge in [-0.15, -0.1) is 6.58 Å². The van der Waals surface area contributed by atoms with Crippen LogP contribution in [-0.4, -0.2) is 23.8 Å². The molecule has 0 bridgehead atoms. The van der Waals surface area contributed by atoms with Gasteiger partial charge in [-0.1, -0.05) is 6.08 Å². The van der Waals surface area contributed by atoms with E-state index in [2.05, 4.69) is 11.6 Å². The van der Waals surface area contributed by atoms with Crippen molar-refractivity contribution in [2.24, 2.45) is 4.99 Å². The molecule has 9 heavy (non-hydrogen) atoms. The Hall–Kier alpha value is -0.830. The van der Waals surface area contributed by atoms with E-state index >= 15 is 0 Å². The van der Waals surface area contributed by atoms with Gasteiger partial charge in [0.2, 0.25) is 0 Å². The van der Waals surface area contributed by atoms with Gasteiger partial charge in [-0.05, 0) is 0 Å². The van der Waals surface area contributed by atoms with E-state index in [4.69, 9.17) is 9.84 Å². The molecule has 0 saturated carbocycles. The van der Waals surface area contributed by atoms with Crippen LogP contribution in [0, 0.1) is 0 Å². The normalized spacial score (nSPS) is 25.0. The van der Waals surface area contributed by atoms with Crippen LogP contribution in [0.15, 0.2) is 17.6 Å². The second-order valence-corrected chi connectivity index (χ2v) is 1.81. The summed E-state index contributed by atoms with van der Waals surface area (Å²) in [6.07, 6.45) is 1.65. The quantitative estimate of drug-likeness (QED) is 0.542. The molecule has 0 aliphatic carbocycles. The molecule has 0 fully saturated rings. The smallest absolute Gasteiger partial charge is 0.189 e. The molecule has 0 spiro atoms. The SMILES string of the molecule is C=CCC1=NC(O)CO1. The van der Waals surface area contributed by atoms with E-state index in [-0.39, 0.29) is 0 Å². The highest BCUT2D eigenvalue weighted by molar-refractivity contribution is 5.78. The molecule has 0 radical (unpaired) electrons. The van der Waals surface area contributed by atoms with Gasteiger partial charge in [0, 0.05) is 6.42 Å². The number of ether oxygens (including phenoxy) is 1. The average Bonchev–Trinajstić information content (AvgIpc) is 2.17. The lowest BCUT2D eigenvalue weighted by Crippen LogP contribution is -2.02. The van der Waals surface area contributed by atoms with E-state index in [1.54, 1.807) is 6.08 Å². The molecule has 1 rings (SSSR count). The molecule has 50 valence electrons. The first-order valence-electron chi connectivity index (χ1n) is 2.81. The van der Waals surface area contributed by atoms with E-state index in [0.717, 1.165) is 0 Å². The summed E-state index contributed by atoms with van der Waals surface area (Å²) in [5.41, 5.74) is 0. The number of aliphatic imine (C=N–C) groups is 1. The fourth-order valence-electron chi connectivity index (χ4n) is 0.647. The molecule has 0 saturated heterocycles. The van der Waals surface area contributed by atoms with Crippen molar-refractivity contribution in [2.75, 3.05) is 6.61 Å². The van der Waals surface area contributed by atoms with Crippen molar-refractivity contribution in [1.29, 1.82) is 0 Å². The van der Waals surface area contributed by atoms with Gasteiger partial charge in [0.05, 0.1) is 0 Å². The van der Waals surface area contributed by atoms with Crippen LogP contribution in [0.3, 0.4) is 0 Å². The molecular formula is C6H9NO2. The fraction of sp³-hybridized carbons (Fsp3) is 0.500. The molecule has 0 aromatic carbocycles.